The van der Waals surface area contributed by atoms with Crippen LogP contribution in [0.4, 0.5) is 5.82 Å². The first-order valence-corrected chi connectivity index (χ1v) is 12.3. The van der Waals surface area contributed by atoms with Gasteiger partial charge in [0.25, 0.3) is 0 Å². The molecule has 1 N–H and O–H groups in total. The van der Waals surface area contributed by atoms with E-state index in [-0.39, 0.29) is 17.8 Å². The van der Waals surface area contributed by atoms with Crippen molar-refractivity contribution < 1.29 is 9.90 Å². The second-order valence-electron chi connectivity index (χ2n) is 9.41. The molecule has 3 aromatic heterocycles. The number of fused-ring (bicyclic) bond motifs is 3. The number of para-hydroxylation sites is 1. The van der Waals surface area contributed by atoms with E-state index in [1.807, 2.05) is 65.2 Å². The molecule has 0 bridgehead atoms. The summed E-state index contributed by atoms with van der Waals surface area (Å²) < 4.78 is 4.71. The fourth-order valence-electron chi connectivity index (χ4n) is 5.65. The molecule has 4 heterocycles. The minimum atomic E-state index is -0.670. The molecule has 2 atom stereocenters. The van der Waals surface area contributed by atoms with Crippen LogP contribution in [0.1, 0.15) is 0 Å². The quantitative estimate of drug-likeness (QED) is 0.369. The predicted molar refractivity (Wildman–Crippen MR) is 137 cm³/mol. The Balaban J connectivity index is 1.29. The lowest BCUT2D eigenvalue weighted by atomic mass is 10.0. The molecule has 0 spiro atoms. The number of rotatable bonds is 4. The molecule has 174 valence electrons. The average Bonchev–Trinajstić information content (AvgIpc) is 3.18. The third-order valence-electron chi connectivity index (χ3n) is 7.35. The summed E-state index contributed by atoms with van der Waals surface area (Å²) in [7, 11) is 1.93. The minimum Gasteiger partial charge on any atom is -0.481 e. The number of carbonyl (C=O) groups is 1. The minimum absolute atomic E-state index is 0.180. The standard InChI is InChI=1S/C26H21BrN6O2/c1-31-11-17-15(4-3-7-21(17)29-31)24-16-5-2-6-20(27)25(16)33(30-24)14-8-9-22(28-10-14)32-12-18-19(13-32)23(18)26(34)35/h2-11,18-19,23H,12-13H2,1H3,(H,34,35). The van der Waals surface area contributed by atoms with Gasteiger partial charge in [-0.25, -0.2) is 9.67 Å². The Morgan fingerprint density at radius 1 is 1.03 bits per heavy atom. The van der Waals surface area contributed by atoms with Crippen molar-refractivity contribution in [2.75, 3.05) is 18.0 Å². The molecule has 2 aromatic carbocycles. The first kappa shape index (κ1) is 20.6. The molecule has 0 amide bonds. The van der Waals surface area contributed by atoms with Gasteiger partial charge in [-0.1, -0.05) is 24.3 Å². The maximum atomic E-state index is 11.3. The molecule has 0 radical (unpaired) electrons. The lowest BCUT2D eigenvalue weighted by Gasteiger charge is -2.20. The number of hydrogen-bond donors (Lipinski definition) is 1. The van der Waals surface area contributed by atoms with Crippen LogP contribution in [0.25, 0.3) is 38.8 Å². The second-order valence-corrected chi connectivity index (χ2v) is 10.3. The van der Waals surface area contributed by atoms with Crippen LogP contribution >= 0.6 is 15.9 Å². The lowest BCUT2D eigenvalue weighted by Crippen LogP contribution is -2.26. The van der Waals surface area contributed by atoms with Crippen LogP contribution in [-0.2, 0) is 11.8 Å². The summed E-state index contributed by atoms with van der Waals surface area (Å²) in [6.45, 7) is 1.51. The number of aliphatic carboxylic acids is 1. The summed E-state index contributed by atoms with van der Waals surface area (Å²) in [5, 5.41) is 21.0. The summed E-state index contributed by atoms with van der Waals surface area (Å²) in [5.74, 6) is 0.523. The van der Waals surface area contributed by atoms with Crippen molar-refractivity contribution in [2.45, 2.75) is 0 Å². The molecular weight excluding hydrogens is 508 g/mol. The molecule has 2 fully saturated rings. The summed E-state index contributed by atoms with van der Waals surface area (Å²) >= 11 is 3.73. The van der Waals surface area contributed by atoms with Gasteiger partial charge in [-0.3, -0.25) is 9.48 Å². The maximum Gasteiger partial charge on any atom is 0.307 e. The SMILES string of the molecule is Cn1cc2c(-c3nn(-c4ccc(N5CC6C(C5)C6C(=O)O)nc4)c4c(Br)cccc34)cccc2n1. The number of hydrogen-bond acceptors (Lipinski definition) is 5. The molecule has 2 aliphatic rings. The predicted octanol–water partition coefficient (Wildman–Crippen LogP) is 4.50. The van der Waals surface area contributed by atoms with E-state index in [0.29, 0.717) is 0 Å². The highest BCUT2D eigenvalue weighted by Crippen LogP contribution is 2.52. The summed E-state index contributed by atoms with van der Waals surface area (Å²) in [4.78, 5) is 18.2. The van der Waals surface area contributed by atoms with Crippen molar-refractivity contribution in [1.29, 1.82) is 0 Å². The van der Waals surface area contributed by atoms with Crippen LogP contribution in [-0.4, -0.2) is 48.7 Å². The van der Waals surface area contributed by atoms with E-state index in [4.69, 9.17) is 10.1 Å². The van der Waals surface area contributed by atoms with Gasteiger partial charge in [0.2, 0.25) is 0 Å². The largest absolute Gasteiger partial charge is 0.481 e. The van der Waals surface area contributed by atoms with Crippen LogP contribution in [0.2, 0.25) is 0 Å². The smallest absolute Gasteiger partial charge is 0.307 e. The topological polar surface area (TPSA) is 89.1 Å². The zero-order valence-electron chi connectivity index (χ0n) is 18.8. The first-order valence-electron chi connectivity index (χ1n) is 11.5. The molecule has 8 nitrogen and oxygen atoms in total. The molecule has 2 unspecified atom stereocenters. The van der Waals surface area contributed by atoms with E-state index in [9.17, 15) is 9.90 Å². The number of pyridine rings is 1. The van der Waals surface area contributed by atoms with E-state index < -0.39 is 5.97 Å². The average molecular weight is 529 g/mol. The molecule has 1 aliphatic heterocycles. The number of piperidine rings is 1. The Morgan fingerprint density at radius 3 is 2.57 bits per heavy atom. The van der Waals surface area contributed by atoms with Crippen molar-refractivity contribution in [3.05, 3.63) is 65.4 Å². The van der Waals surface area contributed by atoms with Crippen LogP contribution in [0.15, 0.2) is 65.4 Å². The Kier molecular flexibility index (Phi) is 4.36. The van der Waals surface area contributed by atoms with E-state index in [1.165, 1.54) is 0 Å². The summed E-state index contributed by atoms with van der Waals surface area (Å²) in [6, 6.07) is 16.3. The Bertz CT molecular complexity index is 1630. The number of aromatic nitrogens is 5. The Labute approximate surface area is 208 Å². The molecule has 35 heavy (non-hydrogen) atoms. The molecule has 7 rings (SSSR count). The molecule has 1 saturated carbocycles. The highest BCUT2D eigenvalue weighted by Gasteiger charge is 2.60. The highest BCUT2D eigenvalue weighted by atomic mass is 79.9. The van der Waals surface area contributed by atoms with Gasteiger partial charge in [0, 0.05) is 47.1 Å². The van der Waals surface area contributed by atoms with Gasteiger partial charge in [0.1, 0.15) is 11.5 Å². The van der Waals surface area contributed by atoms with Gasteiger partial charge >= 0.3 is 5.97 Å². The Hall–Kier alpha value is -3.72. The van der Waals surface area contributed by atoms with Gasteiger partial charge in [0.15, 0.2) is 0 Å². The van der Waals surface area contributed by atoms with Crippen molar-refractivity contribution in [3.8, 4) is 16.9 Å². The fourth-order valence-corrected chi connectivity index (χ4v) is 6.18. The third-order valence-corrected chi connectivity index (χ3v) is 7.99. The van der Waals surface area contributed by atoms with Gasteiger partial charge in [-0.2, -0.15) is 10.2 Å². The number of nitrogens with zero attached hydrogens (tertiary/aromatic N) is 6. The van der Waals surface area contributed by atoms with Gasteiger partial charge in [-0.05, 0) is 52.0 Å². The van der Waals surface area contributed by atoms with Crippen molar-refractivity contribution in [3.63, 3.8) is 0 Å². The van der Waals surface area contributed by atoms with Crippen LogP contribution in [0.3, 0.4) is 0 Å². The third kappa shape index (κ3) is 3.11. The zero-order valence-corrected chi connectivity index (χ0v) is 20.4. The number of carboxylic acids is 1. The van der Waals surface area contributed by atoms with Crippen LogP contribution in [0.5, 0.6) is 0 Å². The molecule has 9 heteroatoms. The zero-order chi connectivity index (χ0) is 23.8. The van der Waals surface area contributed by atoms with E-state index in [2.05, 4.69) is 38.1 Å². The summed E-state index contributed by atoms with van der Waals surface area (Å²) in [5.41, 5.74) is 4.70. The first-order chi connectivity index (χ1) is 17.0. The highest BCUT2D eigenvalue weighted by molar-refractivity contribution is 9.10. The van der Waals surface area contributed by atoms with Crippen molar-refractivity contribution >= 4 is 49.5 Å². The Morgan fingerprint density at radius 2 is 1.83 bits per heavy atom. The number of benzene rings is 2. The van der Waals surface area contributed by atoms with E-state index in [1.54, 1.807) is 0 Å². The van der Waals surface area contributed by atoms with Gasteiger partial charge < -0.3 is 10.0 Å². The fraction of sp³-hybridized carbons (Fsp3) is 0.231. The van der Waals surface area contributed by atoms with Gasteiger partial charge in [0.05, 0.1) is 28.8 Å². The van der Waals surface area contributed by atoms with Crippen molar-refractivity contribution in [2.24, 2.45) is 24.8 Å². The second kappa shape index (κ2) is 7.39. The van der Waals surface area contributed by atoms with Crippen molar-refractivity contribution in [1.82, 2.24) is 24.5 Å². The molecule has 1 saturated heterocycles. The molecular formula is C26H21BrN6O2. The molecule has 1 aliphatic carbocycles. The van der Waals surface area contributed by atoms with Crippen LogP contribution < -0.4 is 4.90 Å². The lowest BCUT2D eigenvalue weighted by molar-refractivity contribution is -0.139. The number of halogens is 1. The summed E-state index contributed by atoms with van der Waals surface area (Å²) in [6.07, 6.45) is 3.87. The normalized spacial score (nSPS) is 21.1. The van der Waals surface area contributed by atoms with Crippen LogP contribution in [0, 0.1) is 17.8 Å². The van der Waals surface area contributed by atoms with E-state index >= 15 is 0 Å². The van der Waals surface area contributed by atoms with Gasteiger partial charge in [-0.15, -0.1) is 0 Å². The van der Waals surface area contributed by atoms with E-state index in [0.717, 1.165) is 62.1 Å². The molecule has 5 aromatic rings. The number of anilines is 1. The number of aryl methyl sites for hydroxylation is 1. The number of carboxylic acid groups (broad SMARTS) is 1. The monoisotopic (exact) mass is 528 g/mol. The maximum absolute atomic E-state index is 11.3.